The summed E-state index contributed by atoms with van der Waals surface area (Å²) in [5.74, 6) is -0.303. The first-order chi connectivity index (χ1) is 26.4. The van der Waals surface area contributed by atoms with Crippen molar-refractivity contribution in [2.75, 3.05) is 40.9 Å². The van der Waals surface area contributed by atoms with Crippen molar-refractivity contribution in [2.45, 2.75) is 180 Å². The number of phosphoric ester groups is 1. The van der Waals surface area contributed by atoms with Gasteiger partial charge in [-0.1, -0.05) is 125 Å². The summed E-state index contributed by atoms with van der Waals surface area (Å²) in [4.78, 5) is 25.3. The van der Waals surface area contributed by atoms with Crippen LogP contribution in [0, 0.1) is 0 Å². The maximum Gasteiger partial charge on any atom is 0.268 e. The Labute approximate surface area is 337 Å². The molecule has 0 saturated heterocycles. The van der Waals surface area contributed by atoms with Crippen LogP contribution in [0.5, 0.6) is 0 Å². The summed E-state index contributed by atoms with van der Waals surface area (Å²) in [6.07, 6.45) is 42.7. The number of rotatable bonds is 38. The second-order valence-electron chi connectivity index (χ2n) is 15.8. The van der Waals surface area contributed by atoms with E-state index in [1.807, 2.05) is 28.1 Å². The molecule has 4 atom stereocenters. The van der Waals surface area contributed by atoms with Crippen molar-refractivity contribution in [3.63, 3.8) is 0 Å². The second-order valence-corrected chi connectivity index (χ2v) is 17.2. The maximum atomic E-state index is 12.9. The van der Waals surface area contributed by atoms with Gasteiger partial charge in [-0.25, -0.2) is 0 Å². The van der Waals surface area contributed by atoms with Gasteiger partial charge in [0.25, 0.3) is 7.82 Å². The molecule has 9 nitrogen and oxygen atoms in total. The van der Waals surface area contributed by atoms with E-state index in [4.69, 9.17) is 9.05 Å². The average molecular weight is 795 g/mol. The Morgan fingerprint density at radius 3 is 1.75 bits per heavy atom. The van der Waals surface area contributed by atoms with Crippen molar-refractivity contribution in [1.82, 2.24) is 5.32 Å². The minimum Gasteiger partial charge on any atom is -0.756 e. The first-order valence-electron chi connectivity index (χ1n) is 21.7. The zero-order valence-corrected chi connectivity index (χ0v) is 36.6. The number of nitrogens with zero attached hydrogens (tertiary/aromatic N) is 1. The van der Waals surface area contributed by atoms with Gasteiger partial charge < -0.3 is 34.0 Å². The summed E-state index contributed by atoms with van der Waals surface area (Å²) in [6.45, 7) is 4.14. The normalized spacial score (nSPS) is 15.6. The fourth-order valence-corrected chi connectivity index (χ4v) is 6.57. The summed E-state index contributed by atoms with van der Waals surface area (Å²) >= 11 is 0. The molecule has 3 N–H and O–H groups in total. The molecule has 320 valence electrons. The van der Waals surface area contributed by atoms with E-state index in [-0.39, 0.29) is 18.9 Å². The van der Waals surface area contributed by atoms with Crippen LogP contribution in [0.1, 0.15) is 162 Å². The van der Waals surface area contributed by atoms with Gasteiger partial charge in [0.15, 0.2) is 0 Å². The van der Waals surface area contributed by atoms with E-state index in [1.165, 1.54) is 57.8 Å². The standard InChI is InChI=1S/C45H83N2O7P/c1-6-8-10-12-14-16-18-20-21-22-23-24-25-26-28-30-32-34-36-38-44(49)46-42(41-54-55(51,52)53-40-39-47(3,4)5)45(50)43(48)37-35-33-31-29-27-19-17-15-13-11-9-7-2/h7,9,14-17,20-21,29,31,42-43,45,48,50H,6,8,10-13,18-19,22-28,30,32-41H2,1-5H3,(H-,46,49,51,52)/b9-7+,16-14-,17-15+,21-20-,31-29+. The molecule has 55 heavy (non-hydrogen) atoms. The Bertz CT molecular complexity index is 1100. The molecular formula is C45H83N2O7P. The third-order valence-electron chi connectivity index (χ3n) is 9.37. The SMILES string of the molecule is C/C=C/CC/C=C/CC/C=C/CCCC(O)C(O)C(COP(=O)([O-])OCC[N+](C)(C)C)NC(=O)CCCCCCCCCCC/C=C\C/C=C\CCCCC. The van der Waals surface area contributed by atoms with Crippen LogP contribution in [0.25, 0.3) is 0 Å². The number of phosphoric acid groups is 1. The van der Waals surface area contributed by atoms with Crippen LogP contribution < -0.4 is 10.2 Å². The number of nitrogens with one attached hydrogen (secondary N) is 1. The Kier molecular flexibility index (Phi) is 35.3. The maximum absolute atomic E-state index is 12.9. The number of unbranched alkanes of at least 4 members (excludes halogenated alkanes) is 15. The van der Waals surface area contributed by atoms with Gasteiger partial charge in [-0.15, -0.1) is 0 Å². The molecule has 0 aliphatic rings. The summed E-state index contributed by atoms with van der Waals surface area (Å²) in [5.41, 5.74) is 0. The van der Waals surface area contributed by atoms with Crippen LogP contribution in [0.3, 0.4) is 0 Å². The number of aliphatic hydroxyl groups is 2. The fourth-order valence-electron chi connectivity index (χ4n) is 5.85. The van der Waals surface area contributed by atoms with Crippen molar-refractivity contribution in [1.29, 1.82) is 0 Å². The molecular weight excluding hydrogens is 711 g/mol. The van der Waals surface area contributed by atoms with E-state index >= 15 is 0 Å². The topological polar surface area (TPSA) is 128 Å². The number of aliphatic hydroxyl groups excluding tert-OH is 2. The lowest BCUT2D eigenvalue weighted by Crippen LogP contribution is -2.51. The van der Waals surface area contributed by atoms with Crippen LogP contribution in [0.15, 0.2) is 60.8 Å². The third kappa shape index (κ3) is 37.5. The van der Waals surface area contributed by atoms with E-state index < -0.39 is 32.7 Å². The van der Waals surface area contributed by atoms with Crippen LogP contribution in [-0.2, 0) is 18.4 Å². The third-order valence-corrected chi connectivity index (χ3v) is 10.3. The smallest absolute Gasteiger partial charge is 0.268 e. The molecule has 0 aliphatic carbocycles. The molecule has 0 bridgehead atoms. The van der Waals surface area contributed by atoms with Gasteiger partial charge in [0, 0.05) is 6.42 Å². The molecule has 1 amide bonds. The highest BCUT2D eigenvalue weighted by Crippen LogP contribution is 2.38. The summed E-state index contributed by atoms with van der Waals surface area (Å²) in [6, 6.07) is -1.10. The summed E-state index contributed by atoms with van der Waals surface area (Å²) < 4.78 is 23.1. The van der Waals surface area contributed by atoms with E-state index in [2.05, 4.69) is 73.0 Å². The molecule has 0 radical (unpaired) electrons. The lowest BCUT2D eigenvalue weighted by atomic mass is 10.0. The zero-order chi connectivity index (χ0) is 40.9. The number of allylic oxidation sites excluding steroid dienone is 10. The Morgan fingerprint density at radius 1 is 0.691 bits per heavy atom. The number of likely N-dealkylation sites (N-methyl/N-ethyl adjacent to an activating group) is 1. The van der Waals surface area contributed by atoms with Crippen LogP contribution >= 0.6 is 7.82 Å². The van der Waals surface area contributed by atoms with Gasteiger partial charge in [0.05, 0.1) is 39.9 Å². The summed E-state index contributed by atoms with van der Waals surface area (Å²) in [5, 5.41) is 24.5. The number of carbonyl (C=O) groups excluding carboxylic acids is 1. The highest BCUT2D eigenvalue weighted by atomic mass is 31.2. The van der Waals surface area contributed by atoms with Crippen LogP contribution in [-0.4, -0.2) is 79.8 Å². The van der Waals surface area contributed by atoms with Gasteiger partial charge in [-0.05, 0) is 90.4 Å². The fraction of sp³-hybridized carbons (Fsp3) is 0.756. The van der Waals surface area contributed by atoms with Crippen molar-refractivity contribution >= 4 is 13.7 Å². The molecule has 0 aromatic rings. The molecule has 0 rings (SSSR count). The van der Waals surface area contributed by atoms with Crippen LogP contribution in [0.2, 0.25) is 0 Å². The van der Waals surface area contributed by atoms with Gasteiger partial charge in [0.1, 0.15) is 19.3 Å². The van der Waals surface area contributed by atoms with E-state index in [9.17, 15) is 24.5 Å². The van der Waals surface area contributed by atoms with Crippen molar-refractivity contribution in [3.8, 4) is 0 Å². The molecule has 0 saturated carbocycles. The van der Waals surface area contributed by atoms with Gasteiger partial charge in [-0.3, -0.25) is 9.36 Å². The van der Waals surface area contributed by atoms with Gasteiger partial charge in [-0.2, -0.15) is 0 Å². The number of hydrogen-bond acceptors (Lipinski definition) is 7. The van der Waals surface area contributed by atoms with E-state index in [0.717, 1.165) is 64.2 Å². The van der Waals surface area contributed by atoms with Crippen LogP contribution in [0.4, 0.5) is 0 Å². The average Bonchev–Trinajstić information content (AvgIpc) is 3.13. The monoisotopic (exact) mass is 795 g/mol. The van der Waals surface area contributed by atoms with Gasteiger partial charge >= 0.3 is 0 Å². The Morgan fingerprint density at radius 2 is 1.18 bits per heavy atom. The molecule has 0 heterocycles. The molecule has 0 aromatic heterocycles. The number of amides is 1. The lowest BCUT2D eigenvalue weighted by Gasteiger charge is -2.31. The van der Waals surface area contributed by atoms with Crippen molar-refractivity contribution in [3.05, 3.63) is 60.8 Å². The highest BCUT2D eigenvalue weighted by molar-refractivity contribution is 7.45. The predicted molar refractivity (Wildman–Crippen MR) is 230 cm³/mol. The zero-order valence-electron chi connectivity index (χ0n) is 35.7. The Balaban J connectivity index is 4.54. The minimum absolute atomic E-state index is 0.0536. The minimum atomic E-state index is -4.68. The first-order valence-corrected chi connectivity index (χ1v) is 23.1. The molecule has 0 aliphatic heterocycles. The lowest BCUT2D eigenvalue weighted by molar-refractivity contribution is -0.870. The Hall–Kier alpha value is -1.84. The number of carbonyl (C=O) groups is 1. The molecule has 0 fully saturated rings. The molecule has 10 heteroatoms. The van der Waals surface area contributed by atoms with Crippen molar-refractivity contribution < 1.29 is 38.0 Å². The van der Waals surface area contributed by atoms with Crippen molar-refractivity contribution in [2.24, 2.45) is 0 Å². The van der Waals surface area contributed by atoms with Gasteiger partial charge in [0.2, 0.25) is 5.91 Å². The van der Waals surface area contributed by atoms with E-state index in [0.29, 0.717) is 30.3 Å². The second kappa shape index (κ2) is 36.5. The number of quaternary nitrogens is 1. The molecule has 0 aromatic carbocycles. The highest BCUT2D eigenvalue weighted by Gasteiger charge is 2.29. The predicted octanol–water partition coefficient (Wildman–Crippen LogP) is 10.2. The molecule has 4 unspecified atom stereocenters. The van der Waals surface area contributed by atoms with E-state index in [1.54, 1.807) is 0 Å². The summed E-state index contributed by atoms with van der Waals surface area (Å²) in [7, 11) is 1.08. The largest absolute Gasteiger partial charge is 0.756 e. The number of hydrogen-bond donors (Lipinski definition) is 3. The first kappa shape index (κ1) is 53.2. The quantitative estimate of drug-likeness (QED) is 0.0246. The molecule has 0 spiro atoms.